The van der Waals surface area contributed by atoms with Crippen molar-refractivity contribution in [1.29, 1.82) is 0 Å². The van der Waals surface area contributed by atoms with Crippen LogP contribution in [0.3, 0.4) is 0 Å². The molecule has 3 heteroatoms. The van der Waals surface area contributed by atoms with Crippen molar-refractivity contribution in [3.63, 3.8) is 0 Å². The summed E-state index contributed by atoms with van der Waals surface area (Å²) in [5, 5.41) is 12.5. The number of ether oxygens (including phenoxy) is 1. The van der Waals surface area contributed by atoms with Crippen LogP contribution in [0.4, 0.5) is 0 Å². The van der Waals surface area contributed by atoms with Crippen LogP contribution in [0.15, 0.2) is 0 Å². The Morgan fingerprint density at radius 3 is 2.93 bits per heavy atom. The number of nitrogens with one attached hydrogen (secondary N) is 1. The van der Waals surface area contributed by atoms with Gasteiger partial charge in [-0.2, -0.15) is 0 Å². The first-order chi connectivity index (χ1) is 7.24. The van der Waals surface area contributed by atoms with E-state index >= 15 is 0 Å². The van der Waals surface area contributed by atoms with E-state index in [4.69, 9.17) is 9.84 Å². The van der Waals surface area contributed by atoms with Gasteiger partial charge in [0.1, 0.15) is 0 Å². The lowest BCUT2D eigenvalue weighted by atomic mass is 9.74. The number of aliphatic hydroxyl groups excluding tert-OH is 1. The van der Waals surface area contributed by atoms with Crippen LogP contribution in [0.1, 0.15) is 39.0 Å². The predicted molar refractivity (Wildman–Crippen MR) is 59.8 cm³/mol. The van der Waals surface area contributed by atoms with Crippen LogP contribution in [0.2, 0.25) is 0 Å². The molecule has 15 heavy (non-hydrogen) atoms. The Hall–Kier alpha value is -0.120. The molecule has 2 atom stereocenters. The fourth-order valence-corrected chi connectivity index (χ4v) is 2.55. The van der Waals surface area contributed by atoms with E-state index < -0.39 is 0 Å². The zero-order valence-electron chi connectivity index (χ0n) is 9.67. The van der Waals surface area contributed by atoms with Gasteiger partial charge in [-0.3, -0.25) is 0 Å². The van der Waals surface area contributed by atoms with Gasteiger partial charge in [0.05, 0.1) is 5.60 Å². The normalized spacial score (nSPS) is 31.2. The molecule has 2 fully saturated rings. The van der Waals surface area contributed by atoms with E-state index in [1.54, 1.807) is 0 Å². The van der Waals surface area contributed by atoms with E-state index in [1.165, 1.54) is 25.7 Å². The Balaban J connectivity index is 1.73. The van der Waals surface area contributed by atoms with E-state index in [1.807, 2.05) is 0 Å². The quantitative estimate of drug-likeness (QED) is 0.740. The Bertz CT molecular complexity index is 204. The van der Waals surface area contributed by atoms with E-state index in [-0.39, 0.29) is 12.2 Å². The second kappa shape index (κ2) is 4.81. The van der Waals surface area contributed by atoms with Crippen molar-refractivity contribution in [2.45, 2.75) is 50.7 Å². The van der Waals surface area contributed by atoms with Gasteiger partial charge in [-0.25, -0.2) is 0 Å². The number of hydrogen-bond acceptors (Lipinski definition) is 3. The molecule has 0 aromatic heterocycles. The number of hydrogen-bond donors (Lipinski definition) is 2. The number of rotatable bonds is 4. The van der Waals surface area contributed by atoms with Gasteiger partial charge in [-0.15, -0.1) is 0 Å². The predicted octanol–water partition coefficient (Wildman–Crippen LogP) is 1.31. The van der Waals surface area contributed by atoms with Gasteiger partial charge in [-0.05, 0) is 38.0 Å². The summed E-state index contributed by atoms with van der Waals surface area (Å²) >= 11 is 0. The molecule has 2 unspecified atom stereocenters. The second-order valence-electron chi connectivity index (χ2n) is 5.27. The van der Waals surface area contributed by atoms with E-state index in [0.717, 1.165) is 19.6 Å². The molecular weight excluding hydrogens is 190 g/mol. The minimum absolute atomic E-state index is 0.234. The van der Waals surface area contributed by atoms with Gasteiger partial charge < -0.3 is 15.2 Å². The molecule has 1 spiro atoms. The Labute approximate surface area is 92.2 Å². The highest BCUT2D eigenvalue weighted by atomic mass is 16.5. The summed E-state index contributed by atoms with van der Waals surface area (Å²) in [4.78, 5) is 0. The Morgan fingerprint density at radius 2 is 2.33 bits per heavy atom. The van der Waals surface area contributed by atoms with Crippen LogP contribution < -0.4 is 5.32 Å². The van der Waals surface area contributed by atoms with Crippen LogP contribution in [-0.2, 0) is 4.74 Å². The monoisotopic (exact) mass is 213 g/mol. The van der Waals surface area contributed by atoms with Crippen LogP contribution in [-0.4, -0.2) is 36.5 Å². The molecule has 2 aliphatic rings. The highest BCUT2D eigenvalue weighted by molar-refractivity contribution is 4.96. The molecule has 0 radical (unpaired) electrons. The van der Waals surface area contributed by atoms with E-state index in [9.17, 15) is 0 Å². The Kier molecular flexibility index (Phi) is 3.65. The highest BCUT2D eigenvalue weighted by Crippen LogP contribution is 2.42. The largest absolute Gasteiger partial charge is 0.396 e. The van der Waals surface area contributed by atoms with Gasteiger partial charge >= 0.3 is 0 Å². The third kappa shape index (κ3) is 2.71. The second-order valence-corrected chi connectivity index (χ2v) is 5.27. The molecule has 1 aliphatic carbocycles. The van der Waals surface area contributed by atoms with E-state index in [2.05, 4.69) is 12.2 Å². The summed E-state index contributed by atoms with van der Waals surface area (Å²) in [7, 11) is 0. The summed E-state index contributed by atoms with van der Waals surface area (Å²) in [5.41, 5.74) is 0.234. The lowest BCUT2D eigenvalue weighted by Gasteiger charge is -2.47. The maximum absolute atomic E-state index is 8.96. The van der Waals surface area contributed by atoms with Crippen LogP contribution in [0, 0.1) is 5.92 Å². The van der Waals surface area contributed by atoms with Crippen molar-refractivity contribution in [3.8, 4) is 0 Å². The van der Waals surface area contributed by atoms with Crippen LogP contribution in [0.25, 0.3) is 0 Å². The minimum Gasteiger partial charge on any atom is -0.396 e. The van der Waals surface area contributed by atoms with Crippen molar-refractivity contribution >= 4 is 0 Å². The van der Waals surface area contributed by atoms with Gasteiger partial charge in [0, 0.05) is 25.8 Å². The zero-order valence-corrected chi connectivity index (χ0v) is 9.67. The molecule has 0 bridgehead atoms. The summed E-state index contributed by atoms with van der Waals surface area (Å²) in [6.07, 6.45) is 6.13. The van der Waals surface area contributed by atoms with Crippen molar-refractivity contribution < 1.29 is 9.84 Å². The smallest absolute Gasteiger partial charge is 0.0697 e. The molecular formula is C12H23NO2. The molecule has 1 saturated carbocycles. The maximum atomic E-state index is 8.96. The number of aliphatic hydroxyl groups is 1. The highest BCUT2D eigenvalue weighted by Gasteiger charge is 2.42. The molecule has 1 saturated heterocycles. The molecule has 3 nitrogen and oxygen atoms in total. The van der Waals surface area contributed by atoms with Crippen molar-refractivity contribution in [2.75, 3.05) is 19.8 Å². The molecule has 0 aromatic rings. The average Bonchev–Trinajstić information content (AvgIpc) is 2.24. The molecule has 2 N–H and O–H groups in total. The van der Waals surface area contributed by atoms with Gasteiger partial charge in [0.2, 0.25) is 0 Å². The van der Waals surface area contributed by atoms with Crippen molar-refractivity contribution in [3.05, 3.63) is 0 Å². The zero-order chi connectivity index (χ0) is 10.7. The molecule has 1 aliphatic heterocycles. The van der Waals surface area contributed by atoms with Crippen molar-refractivity contribution in [1.82, 2.24) is 5.32 Å². The van der Waals surface area contributed by atoms with Crippen LogP contribution in [0.5, 0.6) is 0 Å². The molecule has 1 heterocycles. The van der Waals surface area contributed by atoms with Gasteiger partial charge in [-0.1, -0.05) is 6.92 Å². The molecule has 0 amide bonds. The fourth-order valence-electron chi connectivity index (χ4n) is 2.55. The summed E-state index contributed by atoms with van der Waals surface area (Å²) in [5.74, 6) is 0.366. The third-order valence-corrected chi connectivity index (χ3v) is 3.82. The average molecular weight is 213 g/mol. The summed E-state index contributed by atoms with van der Waals surface area (Å²) in [6.45, 7) is 4.19. The fraction of sp³-hybridized carbons (Fsp3) is 1.00. The summed E-state index contributed by atoms with van der Waals surface area (Å²) in [6, 6.07) is 0.605. The third-order valence-electron chi connectivity index (χ3n) is 3.82. The van der Waals surface area contributed by atoms with Crippen molar-refractivity contribution in [2.24, 2.45) is 5.92 Å². The molecule has 2 rings (SSSR count). The first-order valence-electron chi connectivity index (χ1n) is 6.22. The topological polar surface area (TPSA) is 41.5 Å². The molecule has 0 aromatic carbocycles. The van der Waals surface area contributed by atoms with Gasteiger partial charge in [0.15, 0.2) is 0 Å². The lowest BCUT2D eigenvalue weighted by molar-refractivity contribution is -0.135. The SMILES string of the molecule is CC(CO)CNC1CCOC2(CCC2)C1. The lowest BCUT2D eigenvalue weighted by Crippen LogP contribution is -2.51. The minimum atomic E-state index is 0.234. The van der Waals surface area contributed by atoms with Crippen LogP contribution >= 0.6 is 0 Å². The first kappa shape index (κ1) is 11.4. The van der Waals surface area contributed by atoms with Gasteiger partial charge in [0.25, 0.3) is 0 Å². The van der Waals surface area contributed by atoms with E-state index in [0.29, 0.717) is 12.0 Å². The standard InChI is InChI=1S/C12H23NO2/c1-10(9-14)8-13-11-3-6-15-12(7-11)4-2-5-12/h10-11,13-14H,2-9H2,1H3. The Morgan fingerprint density at radius 1 is 1.53 bits per heavy atom. The maximum Gasteiger partial charge on any atom is 0.0697 e. The summed E-state index contributed by atoms with van der Waals surface area (Å²) < 4.78 is 5.88. The molecule has 88 valence electrons. The first-order valence-corrected chi connectivity index (χ1v) is 6.22.